The Morgan fingerprint density at radius 2 is 1.23 bits per heavy atom. The first-order valence-electron chi connectivity index (χ1n) is 15.7. The molecule has 0 aliphatic carbocycles. The van der Waals surface area contributed by atoms with Gasteiger partial charge in [-0.15, -0.1) is 22.7 Å². The fraction of sp³-hybridized carbons (Fsp3) is 0.111. The second-order valence-electron chi connectivity index (χ2n) is 11.5. The summed E-state index contributed by atoms with van der Waals surface area (Å²) in [6, 6.07) is 16.5. The third-order valence-corrected chi connectivity index (χ3v) is 13.8. The Labute approximate surface area is 349 Å². The normalized spacial score (nSPS) is 11.9. The Morgan fingerprint density at radius 1 is 0.679 bits per heavy atom. The standard InChI is InChI=1S/C19H17ClFNO2S2.C17H7BrCl2F5NO2S2/c1-2-4-13-7-9-14(10-8-13)26(23,24)22-17-11-12-25-19(17)18-15(20)5-3-6-16(18)21;18-8-5-12(22)14(6-11(8)21)30(27,28)26-13-1-2-29-16(13)15-9(19)3-7(4-10(15)20)17(23,24)25/h3,5-12,22H,2,4H2,1H3;1-6,26H. The van der Waals surface area contributed by atoms with E-state index in [9.17, 15) is 43.2 Å². The lowest BCUT2D eigenvalue weighted by Gasteiger charge is -2.14. The molecule has 0 radical (unpaired) electrons. The Hall–Kier alpha value is -3.29. The molecule has 6 aromatic rings. The number of rotatable bonds is 10. The molecule has 296 valence electrons. The summed E-state index contributed by atoms with van der Waals surface area (Å²) in [5, 5.41) is 2.63. The fourth-order valence-electron chi connectivity index (χ4n) is 5.07. The van der Waals surface area contributed by atoms with Crippen LogP contribution in [0.4, 0.5) is 37.7 Å². The van der Waals surface area contributed by atoms with Gasteiger partial charge in [0, 0.05) is 11.1 Å². The first kappa shape index (κ1) is 43.8. The number of hydrogen-bond acceptors (Lipinski definition) is 6. The highest BCUT2D eigenvalue weighted by atomic mass is 79.9. The van der Waals surface area contributed by atoms with Crippen LogP contribution in [-0.4, -0.2) is 16.8 Å². The van der Waals surface area contributed by atoms with Gasteiger partial charge < -0.3 is 0 Å². The van der Waals surface area contributed by atoms with Gasteiger partial charge in [-0.05, 0) is 99.3 Å². The predicted molar refractivity (Wildman–Crippen MR) is 216 cm³/mol. The zero-order valence-corrected chi connectivity index (χ0v) is 35.2. The Balaban J connectivity index is 0.000000216. The molecule has 2 N–H and O–H groups in total. The van der Waals surface area contributed by atoms with Gasteiger partial charge in [0.25, 0.3) is 20.0 Å². The smallest absolute Gasteiger partial charge is 0.278 e. The Bertz CT molecular complexity index is 2580. The van der Waals surface area contributed by atoms with E-state index < -0.39 is 54.1 Å². The summed E-state index contributed by atoms with van der Waals surface area (Å²) in [5.41, 5.74) is 0.348. The van der Waals surface area contributed by atoms with Crippen molar-refractivity contribution in [3.63, 3.8) is 0 Å². The molecule has 2 aromatic heterocycles. The number of benzene rings is 4. The number of sulfonamides is 2. The van der Waals surface area contributed by atoms with Crippen LogP contribution in [0.5, 0.6) is 0 Å². The van der Waals surface area contributed by atoms with Gasteiger partial charge in [-0.25, -0.2) is 30.0 Å². The average Bonchev–Trinajstić information content (AvgIpc) is 3.75. The zero-order valence-electron chi connectivity index (χ0n) is 28.1. The van der Waals surface area contributed by atoms with Crippen molar-refractivity contribution < 1.29 is 43.2 Å². The molecule has 0 atom stereocenters. The summed E-state index contributed by atoms with van der Waals surface area (Å²) < 4.78 is 136. The average molecular weight is 977 g/mol. The summed E-state index contributed by atoms with van der Waals surface area (Å²) in [4.78, 5) is -0.251. The molecule has 6 nitrogen and oxygen atoms in total. The van der Waals surface area contributed by atoms with Crippen molar-refractivity contribution in [3.8, 4) is 20.9 Å². The van der Waals surface area contributed by atoms with Crippen LogP contribution in [0.15, 0.2) is 104 Å². The molecule has 56 heavy (non-hydrogen) atoms. The molecule has 0 amide bonds. The maximum absolute atomic E-state index is 14.2. The highest BCUT2D eigenvalue weighted by Crippen LogP contribution is 2.46. The van der Waals surface area contributed by atoms with Crippen LogP contribution in [0.1, 0.15) is 24.5 Å². The van der Waals surface area contributed by atoms with Gasteiger partial charge in [-0.3, -0.25) is 9.44 Å². The first-order valence-corrected chi connectivity index (χ1v) is 22.3. The van der Waals surface area contributed by atoms with Crippen molar-refractivity contribution in [3.05, 3.63) is 138 Å². The van der Waals surface area contributed by atoms with E-state index in [0.717, 1.165) is 29.7 Å². The van der Waals surface area contributed by atoms with Gasteiger partial charge in [0.05, 0.1) is 51.1 Å². The Kier molecular flexibility index (Phi) is 13.8. The minimum Gasteiger partial charge on any atom is -0.278 e. The van der Waals surface area contributed by atoms with E-state index >= 15 is 0 Å². The molecule has 0 saturated carbocycles. The van der Waals surface area contributed by atoms with E-state index in [-0.39, 0.29) is 46.1 Å². The quantitative estimate of drug-likeness (QED) is 0.106. The highest BCUT2D eigenvalue weighted by Gasteiger charge is 2.33. The summed E-state index contributed by atoms with van der Waals surface area (Å²) in [6.07, 6.45) is -2.80. The summed E-state index contributed by atoms with van der Waals surface area (Å²) >= 11 is 23.0. The summed E-state index contributed by atoms with van der Waals surface area (Å²) in [6.45, 7) is 2.07. The van der Waals surface area contributed by atoms with E-state index in [0.29, 0.717) is 34.8 Å². The van der Waals surface area contributed by atoms with Crippen LogP contribution in [0.2, 0.25) is 15.1 Å². The highest BCUT2D eigenvalue weighted by molar-refractivity contribution is 9.10. The first-order chi connectivity index (χ1) is 26.2. The number of halogens is 10. The fourth-order valence-corrected chi connectivity index (χ4v) is 10.7. The minimum atomic E-state index is -4.69. The van der Waals surface area contributed by atoms with Crippen LogP contribution >= 0.6 is 73.4 Å². The number of aryl methyl sites for hydroxylation is 1. The van der Waals surface area contributed by atoms with E-state index in [1.54, 1.807) is 41.8 Å². The molecular weight excluding hydrogens is 953 g/mol. The molecule has 20 heteroatoms. The molecule has 0 spiro atoms. The second-order valence-corrected chi connectivity index (χ2v) is 18.8. The molecule has 0 saturated heterocycles. The van der Waals surface area contributed by atoms with Crippen molar-refractivity contribution in [2.24, 2.45) is 0 Å². The summed E-state index contributed by atoms with van der Waals surface area (Å²) in [7, 11) is -8.37. The third kappa shape index (κ3) is 10.0. The van der Waals surface area contributed by atoms with Gasteiger partial charge in [0.1, 0.15) is 22.3 Å². The molecular formula is C36H24BrCl3F6N2O4S4. The monoisotopic (exact) mass is 974 g/mol. The van der Waals surface area contributed by atoms with Gasteiger partial charge in [-0.2, -0.15) is 13.2 Å². The lowest BCUT2D eigenvalue weighted by Crippen LogP contribution is -2.15. The summed E-state index contributed by atoms with van der Waals surface area (Å²) in [5.74, 6) is -2.71. The van der Waals surface area contributed by atoms with Crippen molar-refractivity contribution in [1.82, 2.24) is 0 Å². The van der Waals surface area contributed by atoms with Gasteiger partial charge >= 0.3 is 6.18 Å². The van der Waals surface area contributed by atoms with Crippen LogP contribution in [-0.2, 0) is 32.6 Å². The van der Waals surface area contributed by atoms with E-state index in [1.165, 1.54) is 34.9 Å². The molecule has 4 aromatic carbocycles. The van der Waals surface area contributed by atoms with Crippen LogP contribution in [0.25, 0.3) is 20.9 Å². The number of nitrogens with one attached hydrogen (secondary N) is 2. The van der Waals surface area contributed by atoms with Gasteiger partial charge in [0.15, 0.2) is 0 Å². The van der Waals surface area contributed by atoms with Crippen LogP contribution in [0.3, 0.4) is 0 Å². The van der Waals surface area contributed by atoms with E-state index in [1.807, 2.05) is 0 Å². The van der Waals surface area contributed by atoms with Crippen molar-refractivity contribution >= 4 is 105 Å². The maximum atomic E-state index is 14.2. The molecule has 0 fully saturated rings. The molecule has 2 heterocycles. The zero-order chi connectivity index (χ0) is 41.2. The van der Waals surface area contributed by atoms with Gasteiger partial charge in [0.2, 0.25) is 0 Å². The number of alkyl halides is 3. The van der Waals surface area contributed by atoms with Crippen LogP contribution in [0, 0.1) is 17.5 Å². The number of hydrogen-bond donors (Lipinski definition) is 2. The van der Waals surface area contributed by atoms with Crippen molar-refractivity contribution in [1.29, 1.82) is 0 Å². The van der Waals surface area contributed by atoms with Gasteiger partial charge in [-0.1, -0.05) is 66.3 Å². The lowest BCUT2D eigenvalue weighted by molar-refractivity contribution is -0.137. The topological polar surface area (TPSA) is 92.3 Å². The SMILES string of the molecule is CCCc1ccc(S(=O)(=O)Nc2ccsc2-c2c(F)cccc2Cl)cc1.O=S(=O)(Nc1ccsc1-c1c(Cl)cc(C(F)(F)F)cc1Cl)c1cc(F)c(Br)cc1F. The molecule has 0 aliphatic heterocycles. The van der Waals surface area contributed by atoms with Crippen LogP contribution < -0.4 is 9.44 Å². The lowest BCUT2D eigenvalue weighted by atomic mass is 10.1. The molecule has 0 bridgehead atoms. The molecule has 0 aliphatic rings. The largest absolute Gasteiger partial charge is 0.416 e. The van der Waals surface area contributed by atoms with E-state index in [2.05, 4.69) is 32.3 Å². The maximum Gasteiger partial charge on any atom is 0.416 e. The minimum absolute atomic E-state index is 0.0403. The van der Waals surface area contributed by atoms with E-state index in [4.69, 9.17) is 34.8 Å². The number of anilines is 2. The van der Waals surface area contributed by atoms with Crippen molar-refractivity contribution in [2.45, 2.75) is 35.7 Å². The molecule has 0 unspecified atom stereocenters. The molecule has 6 rings (SSSR count). The number of thiophene rings is 2. The Morgan fingerprint density at radius 3 is 1.77 bits per heavy atom. The van der Waals surface area contributed by atoms with Crippen molar-refractivity contribution in [2.75, 3.05) is 9.44 Å². The third-order valence-electron chi connectivity index (χ3n) is 7.64. The second kappa shape index (κ2) is 17.7. The predicted octanol–water partition coefficient (Wildman–Crippen LogP) is 13.5.